The molecule has 0 bridgehead atoms. The second-order valence-corrected chi connectivity index (χ2v) is 3.90. The summed E-state index contributed by atoms with van der Waals surface area (Å²) >= 11 is 0. The summed E-state index contributed by atoms with van der Waals surface area (Å²) in [7, 11) is 2.06. The van der Waals surface area contributed by atoms with E-state index in [1.165, 1.54) is 30.5 Å². The fourth-order valence-corrected chi connectivity index (χ4v) is 2.28. The van der Waals surface area contributed by atoms with Crippen LogP contribution in [0.4, 0.5) is 0 Å². The highest BCUT2D eigenvalue weighted by atomic mass is 15.3. The zero-order valence-corrected chi connectivity index (χ0v) is 6.75. The highest BCUT2D eigenvalue weighted by molar-refractivity contribution is 5.25. The Morgan fingerprint density at radius 2 is 2.27 bits per heavy atom. The first-order chi connectivity index (χ1) is 5.34. The third kappa shape index (κ3) is 0.697. The van der Waals surface area contributed by atoms with Gasteiger partial charge in [-0.05, 0) is 36.7 Å². The molecule has 2 unspecified atom stereocenters. The van der Waals surface area contributed by atoms with Gasteiger partial charge >= 0.3 is 0 Å². The number of hydrogen-bond acceptors (Lipinski definition) is 1. The molecule has 3 rings (SSSR count). The molecule has 0 N–H and O–H groups in total. The fraction of sp³-hybridized carbons (Fsp3) is 0.667. The summed E-state index contributed by atoms with van der Waals surface area (Å²) in [5, 5.41) is 4.27. The van der Waals surface area contributed by atoms with E-state index in [4.69, 9.17) is 0 Å². The predicted molar refractivity (Wildman–Crippen MR) is 42.2 cm³/mol. The van der Waals surface area contributed by atoms with E-state index in [0.29, 0.717) is 0 Å². The Hall–Kier alpha value is -0.790. The topological polar surface area (TPSA) is 17.8 Å². The lowest BCUT2D eigenvalue weighted by Crippen LogP contribution is -2.08. The van der Waals surface area contributed by atoms with Gasteiger partial charge < -0.3 is 0 Å². The van der Waals surface area contributed by atoms with Crippen molar-refractivity contribution in [1.82, 2.24) is 9.78 Å². The van der Waals surface area contributed by atoms with Crippen LogP contribution in [-0.4, -0.2) is 9.78 Å². The summed E-state index contributed by atoms with van der Waals surface area (Å²) in [4.78, 5) is 0. The van der Waals surface area contributed by atoms with Gasteiger partial charge in [0.25, 0.3) is 0 Å². The molecule has 1 fully saturated rings. The normalized spacial score (nSPS) is 32.8. The second-order valence-electron chi connectivity index (χ2n) is 3.90. The third-order valence-electron chi connectivity index (χ3n) is 3.15. The van der Waals surface area contributed by atoms with E-state index in [0.717, 1.165) is 11.8 Å². The van der Waals surface area contributed by atoms with Crippen molar-refractivity contribution in [2.45, 2.75) is 19.3 Å². The van der Waals surface area contributed by atoms with Crippen LogP contribution in [0.2, 0.25) is 0 Å². The SMILES string of the molecule is Cn1ncc2c1CC1CC1C2. The number of rotatable bonds is 0. The lowest BCUT2D eigenvalue weighted by Gasteiger charge is -2.10. The summed E-state index contributed by atoms with van der Waals surface area (Å²) in [6.07, 6.45) is 6.10. The molecule has 0 radical (unpaired) electrons. The fourth-order valence-electron chi connectivity index (χ4n) is 2.28. The molecule has 2 aliphatic carbocycles. The summed E-state index contributed by atoms with van der Waals surface area (Å²) in [5.74, 6) is 2.03. The van der Waals surface area contributed by atoms with Crippen molar-refractivity contribution in [3.05, 3.63) is 17.5 Å². The van der Waals surface area contributed by atoms with Crippen molar-refractivity contribution in [3.63, 3.8) is 0 Å². The smallest absolute Gasteiger partial charge is 0.0524 e. The van der Waals surface area contributed by atoms with Crippen molar-refractivity contribution in [3.8, 4) is 0 Å². The zero-order valence-electron chi connectivity index (χ0n) is 6.75. The largest absolute Gasteiger partial charge is 0.272 e. The van der Waals surface area contributed by atoms with Crippen LogP contribution in [-0.2, 0) is 19.9 Å². The molecule has 0 aliphatic heterocycles. The van der Waals surface area contributed by atoms with Crippen molar-refractivity contribution in [2.24, 2.45) is 18.9 Å². The number of aryl methyl sites for hydroxylation is 1. The maximum Gasteiger partial charge on any atom is 0.0524 e. The Labute approximate surface area is 66.2 Å². The van der Waals surface area contributed by atoms with Gasteiger partial charge in [0, 0.05) is 12.7 Å². The first-order valence-corrected chi connectivity index (χ1v) is 4.34. The number of aromatic nitrogens is 2. The summed E-state index contributed by atoms with van der Waals surface area (Å²) < 4.78 is 2.05. The van der Waals surface area contributed by atoms with Gasteiger partial charge in [0.05, 0.1) is 6.20 Å². The Morgan fingerprint density at radius 1 is 1.45 bits per heavy atom. The molecule has 1 saturated carbocycles. The summed E-state index contributed by atoms with van der Waals surface area (Å²) in [6.45, 7) is 0. The van der Waals surface area contributed by atoms with E-state index in [9.17, 15) is 0 Å². The van der Waals surface area contributed by atoms with Crippen LogP contribution in [0.3, 0.4) is 0 Å². The lowest BCUT2D eigenvalue weighted by atomic mass is 9.98. The molecule has 2 nitrogen and oxygen atoms in total. The Morgan fingerprint density at radius 3 is 3.18 bits per heavy atom. The van der Waals surface area contributed by atoms with Gasteiger partial charge in [0.2, 0.25) is 0 Å². The van der Waals surface area contributed by atoms with Crippen LogP contribution >= 0.6 is 0 Å². The molecule has 1 aromatic heterocycles. The van der Waals surface area contributed by atoms with Crippen LogP contribution in [0.5, 0.6) is 0 Å². The van der Waals surface area contributed by atoms with E-state index in [1.54, 1.807) is 0 Å². The number of hydrogen-bond donors (Lipinski definition) is 0. The number of nitrogens with zero attached hydrogens (tertiary/aromatic N) is 2. The maximum atomic E-state index is 4.27. The van der Waals surface area contributed by atoms with E-state index >= 15 is 0 Å². The number of fused-ring (bicyclic) bond motifs is 2. The van der Waals surface area contributed by atoms with Crippen LogP contribution in [0, 0.1) is 11.8 Å². The summed E-state index contributed by atoms with van der Waals surface area (Å²) in [6, 6.07) is 0. The molecule has 58 valence electrons. The highest BCUT2D eigenvalue weighted by Crippen LogP contribution is 2.47. The molecule has 0 spiro atoms. The molecule has 2 heteroatoms. The zero-order chi connectivity index (χ0) is 7.42. The average molecular weight is 148 g/mol. The van der Waals surface area contributed by atoms with Crippen LogP contribution < -0.4 is 0 Å². The molecular weight excluding hydrogens is 136 g/mol. The predicted octanol–water partition coefficient (Wildman–Crippen LogP) is 1.15. The molecule has 1 aromatic rings. The highest BCUT2D eigenvalue weighted by Gasteiger charge is 2.41. The molecule has 1 heterocycles. The molecule has 0 amide bonds. The van der Waals surface area contributed by atoms with Crippen molar-refractivity contribution in [2.75, 3.05) is 0 Å². The minimum Gasteiger partial charge on any atom is -0.272 e. The third-order valence-corrected chi connectivity index (χ3v) is 3.15. The Balaban J connectivity index is 2.09. The quantitative estimate of drug-likeness (QED) is 0.539. The van der Waals surface area contributed by atoms with E-state index in [1.807, 2.05) is 10.9 Å². The van der Waals surface area contributed by atoms with Crippen molar-refractivity contribution in [1.29, 1.82) is 0 Å². The van der Waals surface area contributed by atoms with Gasteiger partial charge in [-0.1, -0.05) is 0 Å². The van der Waals surface area contributed by atoms with Crippen LogP contribution in [0.15, 0.2) is 6.20 Å². The van der Waals surface area contributed by atoms with Crippen molar-refractivity contribution >= 4 is 0 Å². The lowest BCUT2D eigenvalue weighted by molar-refractivity contribution is 0.601. The van der Waals surface area contributed by atoms with Crippen LogP contribution in [0.25, 0.3) is 0 Å². The maximum absolute atomic E-state index is 4.27. The minimum atomic E-state index is 1.01. The first-order valence-electron chi connectivity index (χ1n) is 4.34. The van der Waals surface area contributed by atoms with E-state index in [-0.39, 0.29) is 0 Å². The monoisotopic (exact) mass is 148 g/mol. The summed E-state index contributed by atoms with van der Waals surface area (Å²) in [5.41, 5.74) is 3.00. The average Bonchev–Trinajstić information content (AvgIpc) is 2.68. The van der Waals surface area contributed by atoms with Gasteiger partial charge in [-0.15, -0.1) is 0 Å². The molecule has 0 saturated heterocycles. The van der Waals surface area contributed by atoms with Gasteiger partial charge in [0.15, 0.2) is 0 Å². The molecule has 2 aliphatic rings. The molecule has 0 aromatic carbocycles. The van der Waals surface area contributed by atoms with Gasteiger partial charge in [-0.3, -0.25) is 4.68 Å². The van der Waals surface area contributed by atoms with E-state index < -0.39 is 0 Å². The molecular formula is C9H12N2. The Bertz CT molecular complexity index is 301. The molecule has 11 heavy (non-hydrogen) atoms. The van der Waals surface area contributed by atoms with Gasteiger partial charge in [-0.2, -0.15) is 5.10 Å². The van der Waals surface area contributed by atoms with Crippen molar-refractivity contribution < 1.29 is 0 Å². The minimum absolute atomic E-state index is 1.01. The standard InChI is InChI=1S/C9H12N2/c1-11-9-4-7-2-6(7)3-8(9)5-10-11/h5-7H,2-4H2,1H3. The Kier molecular flexibility index (Phi) is 0.888. The molecule has 2 atom stereocenters. The van der Waals surface area contributed by atoms with E-state index in [2.05, 4.69) is 12.1 Å². The van der Waals surface area contributed by atoms with Crippen LogP contribution in [0.1, 0.15) is 17.7 Å². The second kappa shape index (κ2) is 1.68. The first kappa shape index (κ1) is 5.81. The van der Waals surface area contributed by atoms with Gasteiger partial charge in [-0.25, -0.2) is 0 Å². The van der Waals surface area contributed by atoms with Gasteiger partial charge in [0.1, 0.15) is 0 Å².